The Balaban J connectivity index is 3.12. The summed E-state index contributed by atoms with van der Waals surface area (Å²) in [4.78, 5) is 11.3. The monoisotopic (exact) mass is 285 g/mol. The van der Waals surface area contributed by atoms with E-state index in [1.807, 2.05) is 5.40 Å². The third-order valence-corrected chi connectivity index (χ3v) is 3.50. The van der Waals surface area contributed by atoms with Crippen molar-refractivity contribution >= 4 is 17.7 Å². The molecule has 4 heteroatoms. The van der Waals surface area contributed by atoms with E-state index in [0.29, 0.717) is 18.8 Å². The van der Waals surface area contributed by atoms with Crippen molar-refractivity contribution in [2.24, 2.45) is 0 Å². The summed E-state index contributed by atoms with van der Waals surface area (Å²) in [5, 5.41) is 10.2. The SMILES string of the molecule is CCCCCCCCCCCC(=O)OCCSC#N. The van der Waals surface area contributed by atoms with E-state index in [1.165, 1.54) is 44.9 Å². The van der Waals surface area contributed by atoms with Gasteiger partial charge < -0.3 is 4.74 Å². The fraction of sp³-hybridized carbons (Fsp3) is 0.867. The number of hydrogen-bond donors (Lipinski definition) is 0. The molecular formula is C15H27NO2S. The Morgan fingerprint density at radius 2 is 1.63 bits per heavy atom. The van der Waals surface area contributed by atoms with E-state index in [4.69, 9.17) is 10.00 Å². The Kier molecular flexibility index (Phi) is 14.8. The van der Waals surface area contributed by atoms with E-state index in [1.54, 1.807) is 0 Å². The van der Waals surface area contributed by atoms with Crippen LogP contribution < -0.4 is 0 Å². The molecule has 0 radical (unpaired) electrons. The van der Waals surface area contributed by atoms with Gasteiger partial charge in [-0.1, -0.05) is 58.3 Å². The van der Waals surface area contributed by atoms with Crippen LogP contribution in [-0.4, -0.2) is 18.3 Å². The molecule has 0 aromatic rings. The van der Waals surface area contributed by atoms with E-state index in [2.05, 4.69) is 6.92 Å². The third-order valence-electron chi connectivity index (χ3n) is 3.00. The molecule has 0 heterocycles. The van der Waals surface area contributed by atoms with Crippen LogP contribution in [0.5, 0.6) is 0 Å². The number of ether oxygens (including phenoxy) is 1. The minimum Gasteiger partial charge on any atom is -0.465 e. The fourth-order valence-electron chi connectivity index (χ4n) is 1.89. The van der Waals surface area contributed by atoms with Gasteiger partial charge in [-0.2, -0.15) is 5.26 Å². The topological polar surface area (TPSA) is 50.1 Å². The van der Waals surface area contributed by atoms with Crippen LogP contribution in [0.25, 0.3) is 0 Å². The summed E-state index contributed by atoms with van der Waals surface area (Å²) in [5.41, 5.74) is 0. The molecule has 0 N–H and O–H groups in total. The standard InChI is InChI=1S/C15H27NO2S/c1-2-3-4-5-6-7-8-9-10-11-15(17)18-12-13-19-14-16/h2-13H2,1H3. The molecular weight excluding hydrogens is 258 g/mol. The molecule has 0 aromatic carbocycles. The van der Waals surface area contributed by atoms with E-state index in [0.717, 1.165) is 24.6 Å². The molecule has 0 rings (SSSR count). The predicted molar refractivity (Wildman–Crippen MR) is 80.9 cm³/mol. The number of thioether (sulfide) groups is 1. The van der Waals surface area contributed by atoms with Gasteiger partial charge in [0.25, 0.3) is 0 Å². The molecule has 0 saturated carbocycles. The highest BCUT2D eigenvalue weighted by molar-refractivity contribution is 8.03. The average molecular weight is 285 g/mol. The molecule has 0 spiro atoms. The molecule has 0 fully saturated rings. The second kappa shape index (κ2) is 15.4. The highest BCUT2D eigenvalue weighted by Crippen LogP contribution is 2.10. The van der Waals surface area contributed by atoms with Crippen LogP contribution in [0.4, 0.5) is 0 Å². The molecule has 0 bridgehead atoms. The molecule has 0 aliphatic heterocycles. The van der Waals surface area contributed by atoms with Gasteiger partial charge >= 0.3 is 5.97 Å². The maximum absolute atomic E-state index is 11.3. The molecule has 0 saturated heterocycles. The zero-order valence-electron chi connectivity index (χ0n) is 12.2. The molecule has 0 amide bonds. The van der Waals surface area contributed by atoms with Crippen LogP contribution in [0.1, 0.15) is 71.1 Å². The first-order valence-electron chi connectivity index (χ1n) is 7.47. The molecule has 0 aliphatic rings. The second-order valence-electron chi connectivity index (χ2n) is 4.74. The van der Waals surface area contributed by atoms with Gasteiger partial charge in [0, 0.05) is 12.2 Å². The van der Waals surface area contributed by atoms with Crippen LogP contribution in [0.15, 0.2) is 0 Å². The number of hydrogen-bond acceptors (Lipinski definition) is 4. The summed E-state index contributed by atoms with van der Waals surface area (Å²) < 4.78 is 5.01. The van der Waals surface area contributed by atoms with E-state index in [-0.39, 0.29) is 5.97 Å². The highest BCUT2D eigenvalue weighted by Gasteiger charge is 2.02. The summed E-state index contributed by atoms with van der Waals surface area (Å²) in [5.74, 6) is 0.446. The van der Waals surface area contributed by atoms with Gasteiger partial charge in [-0.25, -0.2) is 0 Å². The van der Waals surface area contributed by atoms with Crippen molar-refractivity contribution in [2.45, 2.75) is 71.1 Å². The lowest BCUT2D eigenvalue weighted by Gasteiger charge is -2.03. The summed E-state index contributed by atoms with van der Waals surface area (Å²) in [6.45, 7) is 2.59. The number of carbonyl (C=O) groups excluding carboxylic acids is 1. The fourth-order valence-corrected chi connectivity index (χ4v) is 2.15. The van der Waals surface area contributed by atoms with Gasteiger partial charge in [0.05, 0.1) is 0 Å². The highest BCUT2D eigenvalue weighted by atomic mass is 32.2. The first kappa shape index (κ1) is 18.3. The van der Waals surface area contributed by atoms with Crippen molar-refractivity contribution in [1.82, 2.24) is 0 Å². The molecule has 0 aliphatic carbocycles. The van der Waals surface area contributed by atoms with Crippen LogP contribution in [0.3, 0.4) is 0 Å². The number of nitrogens with zero attached hydrogens (tertiary/aromatic N) is 1. The lowest BCUT2D eigenvalue weighted by atomic mass is 10.1. The van der Waals surface area contributed by atoms with Crippen LogP contribution in [0.2, 0.25) is 0 Å². The van der Waals surface area contributed by atoms with Crippen LogP contribution in [-0.2, 0) is 9.53 Å². The van der Waals surface area contributed by atoms with Gasteiger partial charge in [0.2, 0.25) is 0 Å². The Labute approximate surface area is 122 Å². The zero-order valence-corrected chi connectivity index (χ0v) is 13.0. The maximum atomic E-state index is 11.3. The van der Waals surface area contributed by atoms with Crippen LogP contribution in [0, 0.1) is 10.7 Å². The number of rotatable bonds is 13. The van der Waals surface area contributed by atoms with Gasteiger partial charge in [0.1, 0.15) is 12.0 Å². The van der Waals surface area contributed by atoms with E-state index < -0.39 is 0 Å². The smallest absolute Gasteiger partial charge is 0.305 e. The zero-order chi connectivity index (χ0) is 14.2. The largest absolute Gasteiger partial charge is 0.465 e. The Morgan fingerprint density at radius 3 is 2.21 bits per heavy atom. The first-order valence-corrected chi connectivity index (χ1v) is 8.46. The van der Waals surface area contributed by atoms with Gasteiger partial charge in [-0.3, -0.25) is 4.79 Å². The van der Waals surface area contributed by atoms with Crippen molar-refractivity contribution in [3.8, 4) is 5.40 Å². The second-order valence-corrected chi connectivity index (χ2v) is 5.62. The first-order chi connectivity index (χ1) is 9.31. The van der Waals surface area contributed by atoms with Crippen molar-refractivity contribution < 1.29 is 9.53 Å². The van der Waals surface area contributed by atoms with Gasteiger partial charge in [0.15, 0.2) is 0 Å². The van der Waals surface area contributed by atoms with Gasteiger partial charge in [-0.15, -0.1) is 0 Å². The lowest BCUT2D eigenvalue weighted by molar-refractivity contribution is -0.143. The van der Waals surface area contributed by atoms with E-state index in [9.17, 15) is 4.79 Å². The predicted octanol–water partition coefficient (Wildman–Crippen LogP) is 4.66. The minimum atomic E-state index is -0.124. The summed E-state index contributed by atoms with van der Waals surface area (Å²) in [6.07, 6.45) is 11.8. The molecule has 19 heavy (non-hydrogen) atoms. The third kappa shape index (κ3) is 15.3. The number of nitriles is 1. The lowest BCUT2D eigenvalue weighted by Crippen LogP contribution is -2.06. The quantitative estimate of drug-likeness (QED) is 0.280. The van der Waals surface area contributed by atoms with Crippen molar-refractivity contribution in [2.75, 3.05) is 12.4 Å². The molecule has 3 nitrogen and oxygen atoms in total. The van der Waals surface area contributed by atoms with Gasteiger partial charge in [-0.05, 0) is 18.2 Å². The summed E-state index contributed by atoms with van der Waals surface area (Å²) in [6, 6.07) is 0. The number of carbonyl (C=O) groups is 1. The van der Waals surface area contributed by atoms with Crippen molar-refractivity contribution in [3.05, 3.63) is 0 Å². The molecule has 0 aromatic heterocycles. The van der Waals surface area contributed by atoms with Crippen LogP contribution >= 0.6 is 11.8 Å². The summed E-state index contributed by atoms with van der Waals surface area (Å²) in [7, 11) is 0. The Morgan fingerprint density at radius 1 is 1.05 bits per heavy atom. The average Bonchev–Trinajstić information content (AvgIpc) is 2.42. The minimum absolute atomic E-state index is 0.124. The van der Waals surface area contributed by atoms with E-state index >= 15 is 0 Å². The molecule has 0 atom stereocenters. The Bertz CT molecular complexity index is 251. The maximum Gasteiger partial charge on any atom is 0.305 e. The Hall–Kier alpha value is -0.690. The number of esters is 1. The van der Waals surface area contributed by atoms with Crippen molar-refractivity contribution in [3.63, 3.8) is 0 Å². The molecule has 110 valence electrons. The van der Waals surface area contributed by atoms with Crippen molar-refractivity contribution in [1.29, 1.82) is 5.26 Å². The normalized spacial score (nSPS) is 10.1. The molecule has 0 unspecified atom stereocenters. The summed E-state index contributed by atoms with van der Waals surface area (Å²) >= 11 is 1.12. The number of thiocyanates is 1. The number of unbranched alkanes of at least 4 members (excludes halogenated alkanes) is 8.